The lowest BCUT2D eigenvalue weighted by atomic mass is 10.0. The van der Waals surface area contributed by atoms with E-state index in [0.29, 0.717) is 57.2 Å². The lowest BCUT2D eigenvalue weighted by molar-refractivity contribution is -0.136. The van der Waals surface area contributed by atoms with Crippen LogP contribution in [0.25, 0.3) is 0 Å². The molecule has 1 aromatic carbocycles. The van der Waals surface area contributed by atoms with Crippen molar-refractivity contribution in [1.82, 2.24) is 10.2 Å². The highest BCUT2D eigenvalue weighted by Gasteiger charge is 2.38. The van der Waals surface area contributed by atoms with Crippen LogP contribution < -0.4 is 19.7 Å². The third-order valence-electron chi connectivity index (χ3n) is 5.84. The standard InChI is InChI=1S/C23H31N3O6/c1-23(2,3)32-22(29)24-16-6-8-25(9-7-16)21(28)15-12-20(27)26(14-15)17-4-5-18-19(13-17)31-11-10-30-18/h4-5,13,15-16H,6-12,14H2,1-3H3,(H,24,29). The minimum absolute atomic E-state index is 0.00545. The zero-order chi connectivity index (χ0) is 22.9. The molecule has 0 bridgehead atoms. The number of benzene rings is 1. The summed E-state index contributed by atoms with van der Waals surface area (Å²) in [5.74, 6) is 0.847. The summed E-state index contributed by atoms with van der Waals surface area (Å²) in [7, 11) is 0. The van der Waals surface area contributed by atoms with Crippen molar-refractivity contribution in [3.63, 3.8) is 0 Å². The summed E-state index contributed by atoms with van der Waals surface area (Å²) in [4.78, 5) is 41.1. The number of nitrogens with one attached hydrogen (secondary N) is 1. The first kappa shape index (κ1) is 22.2. The Morgan fingerprint density at radius 1 is 1.09 bits per heavy atom. The molecule has 2 saturated heterocycles. The van der Waals surface area contributed by atoms with Gasteiger partial charge in [-0.1, -0.05) is 0 Å². The summed E-state index contributed by atoms with van der Waals surface area (Å²) < 4.78 is 16.5. The Labute approximate surface area is 188 Å². The van der Waals surface area contributed by atoms with E-state index in [-0.39, 0.29) is 30.2 Å². The van der Waals surface area contributed by atoms with Gasteiger partial charge in [0.05, 0.1) is 5.92 Å². The van der Waals surface area contributed by atoms with E-state index in [9.17, 15) is 14.4 Å². The third kappa shape index (κ3) is 5.08. The Morgan fingerprint density at radius 2 is 1.78 bits per heavy atom. The molecule has 174 valence electrons. The van der Waals surface area contributed by atoms with Gasteiger partial charge in [-0.3, -0.25) is 9.59 Å². The molecule has 0 saturated carbocycles. The largest absolute Gasteiger partial charge is 0.486 e. The molecular weight excluding hydrogens is 414 g/mol. The van der Waals surface area contributed by atoms with E-state index in [0.717, 1.165) is 5.69 Å². The maximum atomic E-state index is 13.1. The van der Waals surface area contributed by atoms with Gasteiger partial charge in [-0.15, -0.1) is 0 Å². The molecule has 3 amide bonds. The molecule has 1 aromatic rings. The van der Waals surface area contributed by atoms with Crippen molar-refractivity contribution >= 4 is 23.6 Å². The summed E-state index contributed by atoms with van der Waals surface area (Å²) >= 11 is 0. The number of ether oxygens (including phenoxy) is 3. The Bertz CT molecular complexity index is 888. The number of carbonyl (C=O) groups excluding carboxylic acids is 3. The molecule has 1 unspecified atom stereocenters. The normalized spacial score (nSPS) is 21.5. The first-order chi connectivity index (χ1) is 15.2. The number of rotatable bonds is 3. The zero-order valence-electron chi connectivity index (χ0n) is 18.9. The second kappa shape index (κ2) is 8.88. The number of hydrogen-bond acceptors (Lipinski definition) is 6. The number of hydrogen-bond donors (Lipinski definition) is 1. The van der Waals surface area contributed by atoms with Crippen molar-refractivity contribution in [3.8, 4) is 11.5 Å². The van der Waals surface area contributed by atoms with E-state index >= 15 is 0 Å². The van der Waals surface area contributed by atoms with Crippen molar-refractivity contribution < 1.29 is 28.6 Å². The molecule has 0 spiro atoms. The number of alkyl carbamates (subject to hydrolysis) is 1. The second-order valence-corrected chi connectivity index (χ2v) is 9.48. The fourth-order valence-electron chi connectivity index (χ4n) is 4.30. The van der Waals surface area contributed by atoms with Crippen LogP contribution in [0, 0.1) is 5.92 Å². The van der Waals surface area contributed by atoms with Gasteiger partial charge < -0.3 is 29.3 Å². The lowest BCUT2D eigenvalue weighted by Crippen LogP contribution is -2.49. The molecule has 0 aromatic heterocycles. The minimum atomic E-state index is -0.543. The zero-order valence-corrected chi connectivity index (χ0v) is 18.9. The highest BCUT2D eigenvalue weighted by atomic mass is 16.6. The van der Waals surface area contributed by atoms with Crippen LogP contribution in [0.3, 0.4) is 0 Å². The van der Waals surface area contributed by atoms with Crippen LogP contribution in [0.15, 0.2) is 18.2 Å². The van der Waals surface area contributed by atoms with Crippen LogP contribution in [0.1, 0.15) is 40.0 Å². The van der Waals surface area contributed by atoms with E-state index < -0.39 is 11.7 Å². The highest BCUT2D eigenvalue weighted by Crippen LogP contribution is 2.36. The Morgan fingerprint density at radius 3 is 2.47 bits per heavy atom. The van der Waals surface area contributed by atoms with Gasteiger partial charge >= 0.3 is 6.09 Å². The smallest absolute Gasteiger partial charge is 0.407 e. The number of amides is 3. The first-order valence-corrected chi connectivity index (χ1v) is 11.2. The third-order valence-corrected chi connectivity index (χ3v) is 5.84. The Hall–Kier alpha value is -2.97. The number of anilines is 1. The second-order valence-electron chi connectivity index (χ2n) is 9.48. The van der Waals surface area contributed by atoms with Gasteiger partial charge in [-0.25, -0.2) is 4.79 Å². The summed E-state index contributed by atoms with van der Waals surface area (Å²) in [6, 6.07) is 5.40. The number of nitrogens with zero attached hydrogens (tertiary/aromatic N) is 2. The quantitative estimate of drug-likeness (QED) is 0.767. The lowest BCUT2D eigenvalue weighted by Gasteiger charge is -2.34. The van der Waals surface area contributed by atoms with Gasteiger partial charge in [0.25, 0.3) is 0 Å². The van der Waals surface area contributed by atoms with Crippen LogP contribution in [-0.4, -0.2) is 67.3 Å². The maximum Gasteiger partial charge on any atom is 0.407 e. The van der Waals surface area contributed by atoms with Crippen LogP contribution in [0.4, 0.5) is 10.5 Å². The minimum Gasteiger partial charge on any atom is -0.486 e. The molecule has 0 aliphatic carbocycles. The predicted molar refractivity (Wildman–Crippen MR) is 117 cm³/mol. The van der Waals surface area contributed by atoms with E-state index in [2.05, 4.69) is 5.32 Å². The summed E-state index contributed by atoms with van der Waals surface area (Å²) in [5.41, 5.74) is 0.175. The van der Waals surface area contributed by atoms with Gasteiger partial charge in [0.2, 0.25) is 11.8 Å². The van der Waals surface area contributed by atoms with Gasteiger partial charge in [0.1, 0.15) is 18.8 Å². The molecule has 32 heavy (non-hydrogen) atoms. The van der Waals surface area contributed by atoms with Gasteiger partial charge in [-0.05, 0) is 45.7 Å². The van der Waals surface area contributed by atoms with E-state index in [1.807, 2.05) is 26.8 Å². The van der Waals surface area contributed by atoms with Crippen LogP contribution in [-0.2, 0) is 14.3 Å². The maximum absolute atomic E-state index is 13.1. The van der Waals surface area contributed by atoms with Crippen molar-refractivity contribution in [2.75, 3.05) is 37.7 Å². The monoisotopic (exact) mass is 445 g/mol. The fraction of sp³-hybridized carbons (Fsp3) is 0.609. The molecule has 2 fully saturated rings. The summed E-state index contributed by atoms with van der Waals surface area (Å²) in [5, 5.41) is 2.88. The Kier molecular flexibility index (Phi) is 6.17. The number of likely N-dealkylation sites (tertiary alicyclic amines) is 1. The predicted octanol–water partition coefficient (Wildman–Crippen LogP) is 2.33. The number of piperidine rings is 1. The van der Waals surface area contributed by atoms with Crippen LogP contribution >= 0.6 is 0 Å². The molecule has 9 nitrogen and oxygen atoms in total. The van der Waals surface area contributed by atoms with E-state index in [1.54, 1.807) is 21.9 Å². The summed E-state index contributed by atoms with van der Waals surface area (Å²) in [6.45, 7) is 7.91. The molecule has 0 radical (unpaired) electrons. The molecule has 3 aliphatic heterocycles. The first-order valence-electron chi connectivity index (χ1n) is 11.2. The van der Waals surface area contributed by atoms with Crippen LogP contribution in [0.2, 0.25) is 0 Å². The topological polar surface area (TPSA) is 97.4 Å². The summed E-state index contributed by atoms with van der Waals surface area (Å²) in [6.07, 6.45) is 1.09. The van der Waals surface area contributed by atoms with Gasteiger partial charge in [0.15, 0.2) is 11.5 Å². The van der Waals surface area contributed by atoms with E-state index in [1.165, 1.54) is 0 Å². The molecule has 1 N–H and O–H groups in total. The van der Waals surface area contributed by atoms with E-state index in [4.69, 9.17) is 14.2 Å². The average molecular weight is 446 g/mol. The van der Waals surface area contributed by atoms with Gasteiger partial charge in [0, 0.05) is 43.9 Å². The Balaban J connectivity index is 1.30. The fourth-order valence-corrected chi connectivity index (χ4v) is 4.30. The number of carbonyl (C=O) groups is 3. The van der Waals surface area contributed by atoms with Crippen LogP contribution in [0.5, 0.6) is 11.5 Å². The van der Waals surface area contributed by atoms with Gasteiger partial charge in [-0.2, -0.15) is 0 Å². The van der Waals surface area contributed by atoms with Crippen molar-refractivity contribution in [2.45, 2.75) is 51.7 Å². The average Bonchev–Trinajstić information content (AvgIpc) is 3.13. The van der Waals surface area contributed by atoms with Crippen molar-refractivity contribution in [2.24, 2.45) is 5.92 Å². The van der Waals surface area contributed by atoms with Crippen molar-refractivity contribution in [1.29, 1.82) is 0 Å². The number of fused-ring (bicyclic) bond motifs is 1. The molecule has 1 atom stereocenters. The molecule has 4 rings (SSSR count). The molecule has 9 heteroatoms. The highest BCUT2D eigenvalue weighted by molar-refractivity contribution is 6.00. The van der Waals surface area contributed by atoms with Crippen molar-refractivity contribution in [3.05, 3.63) is 18.2 Å². The molecule has 3 aliphatic rings. The molecule has 3 heterocycles. The SMILES string of the molecule is CC(C)(C)OC(=O)NC1CCN(C(=O)C2CC(=O)N(c3ccc4c(c3)OCCO4)C2)CC1. The molecular formula is C23H31N3O6.